The van der Waals surface area contributed by atoms with Gasteiger partial charge in [0.25, 0.3) is 0 Å². The van der Waals surface area contributed by atoms with E-state index < -0.39 is 0 Å². The number of anilines is 6. The minimum absolute atomic E-state index is 0.792. The van der Waals surface area contributed by atoms with Crippen molar-refractivity contribution in [1.29, 1.82) is 0 Å². The highest BCUT2D eigenvalue weighted by Crippen LogP contribution is 2.55. The Morgan fingerprint density at radius 1 is 0.429 bits per heavy atom. The standard InChI is InChI=1S/C51H39ClN2S2/c1-36-45(37-20-8-2-9-21-37)47(39-24-12-4-13-25-39)50(55-36)53(41-28-16-6-17-29-41)43-32-34-44(35-33-43)54(42-30-18-7-19-31-42)51-48(40-26-14-5-15-27-40)46(49(52)56-51)38-22-10-3-11-23-38/h2,4-10,12-35H,3,11H2,1H3. The second-order valence-corrected chi connectivity index (χ2v) is 16.5. The lowest BCUT2D eigenvalue weighted by atomic mass is 9.94. The van der Waals surface area contributed by atoms with Crippen molar-refractivity contribution in [3.05, 3.63) is 209 Å². The second-order valence-electron chi connectivity index (χ2n) is 13.7. The molecule has 0 bridgehead atoms. The molecule has 56 heavy (non-hydrogen) atoms. The Morgan fingerprint density at radius 3 is 1.27 bits per heavy atom. The Kier molecular flexibility index (Phi) is 10.3. The van der Waals surface area contributed by atoms with Gasteiger partial charge in [0.05, 0.1) is 0 Å². The van der Waals surface area contributed by atoms with Gasteiger partial charge in [-0.1, -0.05) is 157 Å². The van der Waals surface area contributed by atoms with E-state index in [0.717, 1.165) is 61.6 Å². The normalized spacial score (nSPS) is 12.4. The first-order valence-electron chi connectivity index (χ1n) is 18.9. The molecule has 5 heteroatoms. The van der Waals surface area contributed by atoms with Gasteiger partial charge in [0, 0.05) is 49.9 Å². The van der Waals surface area contributed by atoms with Crippen molar-refractivity contribution in [3.63, 3.8) is 0 Å². The zero-order valence-corrected chi connectivity index (χ0v) is 33.4. The summed E-state index contributed by atoms with van der Waals surface area (Å²) < 4.78 is 0.792. The van der Waals surface area contributed by atoms with Crippen LogP contribution in [0.25, 0.3) is 39.0 Å². The van der Waals surface area contributed by atoms with E-state index in [9.17, 15) is 0 Å². The van der Waals surface area contributed by atoms with Gasteiger partial charge in [-0.2, -0.15) is 0 Å². The maximum atomic E-state index is 7.29. The van der Waals surface area contributed by atoms with Gasteiger partial charge in [-0.15, -0.1) is 22.7 Å². The average Bonchev–Trinajstić information content (AvgIpc) is 3.79. The number of benzene rings is 6. The maximum Gasteiger partial charge on any atom is 0.110 e. The van der Waals surface area contributed by atoms with Gasteiger partial charge in [-0.3, -0.25) is 0 Å². The van der Waals surface area contributed by atoms with Crippen LogP contribution in [-0.4, -0.2) is 0 Å². The molecule has 1 aliphatic carbocycles. The van der Waals surface area contributed by atoms with Crippen molar-refractivity contribution >= 4 is 72.6 Å². The van der Waals surface area contributed by atoms with Crippen LogP contribution >= 0.6 is 34.3 Å². The highest BCUT2D eigenvalue weighted by Gasteiger charge is 2.28. The molecule has 0 N–H and O–H groups in total. The quantitative estimate of drug-likeness (QED) is 0.136. The molecule has 2 nitrogen and oxygen atoms in total. The second kappa shape index (κ2) is 16.1. The Labute approximate surface area is 342 Å². The van der Waals surface area contributed by atoms with Crippen LogP contribution in [0.4, 0.5) is 32.8 Å². The van der Waals surface area contributed by atoms with Gasteiger partial charge in [-0.05, 0) is 90.6 Å². The molecular formula is C51H39ClN2S2. The van der Waals surface area contributed by atoms with Crippen LogP contribution in [-0.2, 0) is 0 Å². The summed E-state index contributed by atoms with van der Waals surface area (Å²) in [5, 5.41) is 2.27. The molecule has 2 heterocycles. The van der Waals surface area contributed by atoms with Crippen molar-refractivity contribution in [3.8, 4) is 33.4 Å². The van der Waals surface area contributed by atoms with E-state index in [4.69, 9.17) is 11.6 Å². The van der Waals surface area contributed by atoms with E-state index in [1.807, 2.05) is 11.3 Å². The summed E-state index contributed by atoms with van der Waals surface area (Å²) in [7, 11) is 0. The minimum atomic E-state index is 0.792. The fourth-order valence-electron chi connectivity index (χ4n) is 7.66. The Morgan fingerprint density at radius 2 is 0.821 bits per heavy atom. The van der Waals surface area contributed by atoms with Crippen LogP contribution in [0.5, 0.6) is 0 Å². The van der Waals surface area contributed by atoms with E-state index in [1.54, 1.807) is 11.3 Å². The third-order valence-corrected chi connectivity index (χ3v) is 12.7. The molecule has 0 fully saturated rings. The third kappa shape index (κ3) is 6.93. The zero-order valence-electron chi connectivity index (χ0n) is 31.0. The highest BCUT2D eigenvalue weighted by atomic mass is 35.5. The molecule has 0 spiro atoms. The number of nitrogens with zero attached hydrogens (tertiary/aromatic N) is 2. The van der Waals surface area contributed by atoms with Crippen molar-refractivity contribution in [2.75, 3.05) is 9.80 Å². The number of thiophene rings is 2. The van der Waals surface area contributed by atoms with Crippen molar-refractivity contribution in [2.45, 2.75) is 19.8 Å². The Hall–Kier alpha value is -5.91. The molecule has 0 radical (unpaired) electrons. The zero-order chi connectivity index (χ0) is 37.8. The lowest BCUT2D eigenvalue weighted by Gasteiger charge is -2.28. The number of rotatable bonds is 10. The molecule has 0 unspecified atom stereocenters. The summed E-state index contributed by atoms with van der Waals surface area (Å²) in [5.41, 5.74) is 13.8. The van der Waals surface area contributed by atoms with Crippen molar-refractivity contribution in [2.24, 2.45) is 0 Å². The molecule has 0 atom stereocenters. The van der Waals surface area contributed by atoms with E-state index in [1.165, 1.54) is 37.7 Å². The predicted octanol–water partition coefficient (Wildman–Crippen LogP) is 16.4. The summed E-state index contributed by atoms with van der Waals surface area (Å²) >= 11 is 10.8. The summed E-state index contributed by atoms with van der Waals surface area (Å²) in [5.74, 6) is 0. The molecule has 6 aromatic carbocycles. The SMILES string of the molecule is Cc1sc(N(c2ccccc2)c2ccc(N(c3ccccc3)c3sc(Cl)c(C4=CCCC=C4)c3-c3ccccc3)cc2)c(-c2ccccc2)c1-c1ccccc1. The fourth-order valence-corrected chi connectivity index (χ4v) is 10.4. The fraction of sp³-hybridized carbons (Fsp3) is 0.0588. The molecule has 0 saturated heterocycles. The molecule has 9 rings (SSSR count). The monoisotopic (exact) mass is 778 g/mol. The van der Waals surface area contributed by atoms with Gasteiger partial charge in [0.1, 0.15) is 14.3 Å². The van der Waals surface area contributed by atoms with Crippen LogP contribution in [0.1, 0.15) is 23.3 Å². The summed E-state index contributed by atoms with van der Waals surface area (Å²) in [6, 6.07) is 62.7. The molecule has 2 aromatic heterocycles. The molecular weight excluding hydrogens is 740 g/mol. The summed E-state index contributed by atoms with van der Waals surface area (Å²) in [6.45, 7) is 2.25. The van der Waals surface area contributed by atoms with Gasteiger partial charge >= 0.3 is 0 Å². The van der Waals surface area contributed by atoms with Gasteiger partial charge < -0.3 is 9.80 Å². The largest absolute Gasteiger partial charge is 0.301 e. The van der Waals surface area contributed by atoms with E-state index in [0.29, 0.717) is 0 Å². The predicted molar refractivity (Wildman–Crippen MR) is 244 cm³/mol. The molecule has 8 aromatic rings. The van der Waals surface area contributed by atoms with Crippen LogP contribution in [0.15, 0.2) is 194 Å². The van der Waals surface area contributed by atoms with E-state index in [2.05, 4.69) is 211 Å². The van der Waals surface area contributed by atoms with Crippen molar-refractivity contribution in [1.82, 2.24) is 0 Å². The number of para-hydroxylation sites is 2. The Bertz CT molecular complexity index is 2630. The number of allylic oxidation sites excluding steroid dienone is 4. The topological polar surface area (TPSA) is 6.48 Å². The maximum absolute atomic E-state index is 7.29. The lowest BCUT2D eigenvalue weighted by Crippen LogP contribution is -2.12. The minimum Gasteiger partial charge on any atom is -0.301 e. The van der Waals surface area contributed by atoms with Crippen LogP contribution < -0.4 is 9.80 Å². The third-order valence-electron chi connectivity index (χ3n) is 10.2. The first kappa shape index (κ1) is 35.8. The van der Waals surface area contributed by atoms with E-state index >= 15 is 0 Å². The van der Waals surface area contributed by atoms with Gasteiger partial charge in [0.15, 0.2) is 0 Å². The summed E-state index contributed by atoms with van der Waals surface area (Å²) in [4.78, 5) is 6.06. The first-order valence-corrected chi connectivity index (χ1v) is 21.0. The smallest absolute Gasteiger partial charge is 0.110 e. The number of hydrogen-bond donors (Lipinski definition) is 0. The molecule has 0 aliphatic heterocycles. The van der Waals surface area contributed by atoms with Crippen molar-refractivity contribution < 1.29 is 0 Å². The first-order chi connectivity index (χ1) is 27.7. The highest BCUT2D eigenvalue weighted by molar-refractivity contribution is 7.21. The Balaban J connectivity index is 1.22. The molecule has 0 saturated carbocycles. The van der Waals surface area contributed by atoms with Crippen LogP contribution in [0, 0.1) is 6.92 Å². The number of hydrogen-bond acceptors (Lipinski definition) is 4. The average molecular weight is 779 g/mol. The van der Waals surface area contributed by atoms with E-state index in [-0.39, 0.29) is 0 Å². The number of aryl methyl sites for hydroxylation is 1. The van der Waals surface area contributed by atoms with Crippen LogP contribution in [0.2, 0.25) is 4.34 Å². The molecule has 1 aliphatic rings. The molecule has 272 valence electrons. The number of halogens is 1. The lowest BCUT2D eigenvalue weighted by molar-refractivity contribution is 1.04. The van der Waals surface area contributed by atoms with Gasteiger partial charge in [-0.25, -0.2) is 0 Å². The van der Waals surface area contributed by atoms with Crippen LogP contribution in [0.3, 0.4) is 0 Å². The molecule has 0 amide bonds. The summed E-state index contributed by atoms with van der Waals surface area (Å²) in [6.07, 6.45) is 8.86. The van der Waals surface area contributed by atoms with Gasteiger partial charge in [0.2, 0.25) is 0 Å².